The Kier molecular flexibility index (Phi) is 4.61. The van der Waals surface area contributed by atoms with Crippen molar-refractivity contribution in [3.63, 3.8) is 0 Å². The van der Waals surface area contributed by atoms with Gasteiger partial charge in [0.1, 0.15) is 5.75 Å². The van der Waals surface area contributed by atoms with Crippen LogP contribution < -0.4 is 5.63 Å². The van der Waals surface area contributed by atoms with Crippen molar-refractivity contribution in [3.8, 4) is 17.0 Å². The van der Waals surface area contributed by atoms with E-state index in [4.69, 9.17) is 4.42 Å². The molecular weight excluding hydrogens is 396 g/mol. The Bertz CT molecular complexity index is 1320. The van der Waals surface area contributed by atoms with Gasteiger partial charge in [-0.2, -0.15) is 0 Å². The van der Waals surface area contributed by atoms with Crippen molar-refractivity contribution < 1.29 is 14.4 Å². The van der Waals surface area contributed by atoms with Gasteiger partial charge in [0.25, 0.3) is 5.69 Å². The second-order valence-electron chi connectivity index (χ2n) is 6.08. The number of azo groups is 1. The molecule has 0 unspecified atom stereocenters. The Balaban J connectivity index is 1.68. The first kappa shape index (κ1) is 18.4. The highest BCUT2D eigenvalue weighted by molar-refractivity contribution is 7.13. The molecule has 2 aromatic carbocycles. The van der Waals surface area contributed by atoms with Gasteiger partial charge in [-0.05, 0) is 36.8 Å². The van der Waals surface area contributed by atoms with Crippen LogP contribution in [0.5, 0.6) is 5.75 Å². The van der Waals surface area contributed by atoms with Gasteiger partial charge in [-0.15, -0.1) is 21.6 Å². The molecule has 0 saturated heterocycles. The number of rotatable bonds is 4. The van der Waals surface area contributed by atoms with Crippen LogP contribution in [0.3, 0.4) is 0 Å². The van der Waals surface area contributed by atoms with Crippen molar-refractivity contribution in [1.29, 1.82) is 0 Å². The number of phenols is 1. The predicted octanol–water partition coefficient (Wildman–Crippen LogP) is 5.25. The van der Waals surface area contributed by atoms with Crippen LogP contribution in [0.15, 0.2) is 67.3 Å². The third-order valence-corrected chi connectivity index (χ3v) is 4.90. The number of phenolic OH excluding ortho intramolecular Hbond substituents is 1. The molecule has 2 heterocycles. The number of nitro groups is 1. The minimum Gasteiger partial charge on any atom is -0.505 e. The number of thiazole rings is 1. The van der Waals surface area contributed by atoms with Crippen LogP contribution >= 0.6 is 11.3 Å². The number of nitrogens with zero attached hydrogens (tertiary/aromatic N) is 4. The molecule has 4 rings (SSSR count). The van der Waals surface area contributed by atoms with E-state index in [2.05, 4.69) is 15.2 Å². The van der Waals surface area contributed by atoms with Crippen LogP contribution in [0.1, 0.15) is 5.56 Å². The molecule has 10 heteroatoms. The zero-order chi connectivity index (χ0) is 20.5. The molecule has 29 heavy (non-hydrogen) atoms. The molecule has 0 spiro atoms. The third-order valence-electron chi connectivity index (χ3n) is 4.17. The second-order valence-corrected chi connectivity index (χ2v) is 6.91. The number of hydrogen-bond acceptors (Lipinski definition) is 9. The van der Waals surface area contributed by atoms with E-state index in [9.17, 15) is 20.0 Å². The molecule has 0 bridgehead atoms. The summed E-state index contributed by atoms with van der Waals surface area (Å²) in [6, 6.07) is 10.4. The lowest BCUT2D eigenvalue weighted by molar-refractivity contribution is -0.384. The first-order valence-corrected chi connectivity index (χ1v) is 9.19. The molecule has 0 aliphatic heterocycles. The summed E-state index contributed by atoms with van der Waals surface area (Å²) in [6.07, 6.45) is 0. The van der Waals surface area contributed by atoms with Gasteiger partial charge in [-0.1, -0.05) is 0 Å². The average molecular weight is 408 g/mol. The number of aromatic hydroxyl groups is 1. The molecule has 0 aliphatic rings. The van der Waals surface area contributed by atoms with Crippen LogP contribution in [-0.4, -0.2) is 15.0 Å². The largest absolute Gasteiger partial charge is 0.505 e. The number of fused-ring (bicyclic) bond motifs is 1. The molecule has 144 valence electrons. The lowest BCUT2D eigenvalue weighted by Gasteiger charge is -2.04. The highest BCUT2D eigenvalue weighted by atomic mass is 32.1. The van der Waals surface area contributed by atoms with Gasteiger partial charge in [-0.25, -0.2) is 9.78 Å². The van der Waals surface area contributed by atoms with Gasteiger partial charge in [0.05, 0.1) is 10.6 Å². The van der Waals surface area contributed by atoms with E-state index in [0.29, 0.717) is 27.3 Å². The number of hydrogen-bond donors (Lipinski definition) is 1. The van der Waals surface area contributed by atoms with E-state index in [-0.39, 0.29) is 22.7 Å². The van der Waals surface area contributed by atoms with Gasteiger partial charge in [-0.3, -0.25) is 10.1 Å². The quantitative estimate of drug-likeness (QED) is 0.212. The molecular formula is C19H12N4O5S. The average Bonchev–Trinajstić information content (AvgIpc) is 3.16. The number of benzene rings is 2. The van der Waals surface area contributed by atoms with Gasteiger partial charge in [0.15, 0.2) is 11.3 Å². The van der Waals surface area contributed by atoms with Crippen LogP contribution in [0.2, 0.25) is 0 Å². The predicted molar refractivity (Wildman–Crippen MR) is 107 cm³/mol. The summed E-state index contributed by atoms with van der Waals surface area (Å²) in [5, 5.41) is 31.6. The maximum Gasteiger partial charge on any atom is 0.336 e. The maximum atomic E-state index is 11.7. The lowest BCUT2D eigenvalue weighted by atomic mass is 10.1. The SMILES string of the molecule is Cc1cc(=O)oc2c(N=Nc3nc(-c4ccc([N+](=O)[O-])cc4)cs3)c(O)ccc12. The van der Waals surface area contributed by atoms with Gasteiger partial charge >= 0.3 is 5.63 Å². The highest BCUT2D eigenvalue weighted by Gasteiger charge is 2.13. The molecule has 0 atom stereocenters. The van der Waals surface area contributed by atoms with Crippen molar-refractivity contribution in [1.82, 2.24) is 4.98 Å². The van der Waals surface area contributed by atoms with Gasteiger partial charge in [0.2, 0.25) is 5.13 Å². The summed E-state index contributed by atoms with van der Waals surface area (Å²) >= 11 is 1.21. The number of aromatic nitrogens is 1. The summed E-state index contributed by atoms with van der Waals surface area (Å²) < 4.78 is 5.21. The highest BCUT2D eigenvalue weighted by Crippen LogP contribution is 2.37. The first-order chi connectivity index (χ1) is 13.9. The minimum absolute atomic E-state index is 0.00731. The topological polar surface area (TPSA) is 131 Å². The fraction of sp³-hybridized carbons (Fsp3) is 0.0526. The Morgan fingerprint density at radius 1 is 1.17 bits per heavy atom. The summed E-state index contributed by atoms with van der Waals surface area (Å²) in [5.74, 6) is -0.179. The third kappa shape index (κ3) is 3.60. The lowest BCUT2D eigenvalue weighted by Crippen LogP contribution is -1.97. The molecule has 0 aliphatic carbocycles. The van der Waals surface area contributed by atoms with E-state index < -0.39 is 10.5 Å². The Hall–Kier alpha value is -3.92. The number of nitro benzene ring substituents is 1. The van der Waals surface area contributed by atoms with E-state index in [1.54, 1.807) is 30.5 Å². The maximum absolute atomic E-state index is 11.7. The zero-order valence-electron chi connectivity index (χ0n) is 14.9. The van der Waals surface area contributed by atoms with Crippen molar-refractivity contribution in [2.24, 2.45) is 10.2 Å². The first-order valence-electron chi connectivity index (χ1n) is 8.31. The Morgan fingerprint density at radius 2 is 1.93 bits per heavy atom. The summed E-state index contributed by atoms with van der Waals surface area (Å²) in [4.78, 5) is 26.3. The fourth-order valence-electron chi connectivity index (χ4n) is 2.75. The number of aryl methyl sites for hydroxylation is 1. The van der Waals surface area contributed by atoms with Crippen LogP contribution in [0.4, 0.5) is 16.5 Å². The summed E-state index contributed by atoms with van der Waals surface area (Å²) in [5.41, 5.74) is 1.61. The van der Waals surface area contributed by atoms with Crippen molar-refractivity contribution >= 4 is 38.8 Å². The van der Waals surface area contributed by atoms with Crippen molar-refractivity contribution in [2.75, 3.05) is 0 Å². The Labute approximate surface area is 166 Å². The van der Waals surface area contributed by atoms with E-state index >= 15 is 0 Å². The monoisotopic (exact) mass is 408 g/mol. The van der Waals surface area contributed by atoms with E-state index in [1.807, 2.05) is 0 Å². The van der Waals surface area contributed by atoms with Crippen molar-refractivity contribution in [3.05, 3.63) is 73.9 Å². The molecule has 0 saturated carbocycles. The normalized spacial score (nSPS) is 11.3. The summed E-state index contributed by atoms with van der Waals surface area (Å²) in [6.45, 7) is 1.76. The summed E-state index contributed by atoms with van der Waals surface area (Å²) in [7, 11) is 0. The molecule has 9 nitrogen and oxygen atoms in total. The molecule has 0 fully saturated rings. The van der Waals surface area contributed by atoms with Crippen molar-refractivity contribution in [2.45, 2.75) is 6.92 Å². The van der Waals surface area contributed by atoms with Crippen LogP contribution in [-0.2, 0) is 0 Å². The minimum atomic E-state index is -0.549. The fourth-order valence-corrected chi connectivity index (χ4v) is 3.39. The van der Waals surface area contributed by atoms with Crippen LogP contribution in [0, 0.1) is 17.0 Å². The smallest absolute Gasteiger partial charge is 0.336 e. The Morgan fingerprint density at radius 3 is 2.66 bits per heavy atom. The molecule has 4 aromatic rings. The molecule has 2 aromatic heterocycles. The molecule has 1 N–H and O–H groups in total. The van der Waals surface area contributed by atoms with Gasteiger partial charge < -0.3 is 9.52 Å². The number of non-ortho nitro benzene ring substituents is 1. The zero-order valence-corrected chi connectivity index (χ0v) is 15.7. The molecule has 0 radical (unpaired) electrons. The van der Waals surface area contributed by atoms with Gasteiger partial charge in [0, 0.05) is 34.5 Å². The standard InChI is InChI=1S/C19H12N4O5S/c1-10-8-16(25)28-18-13(10)6-7-15(24)17(18)21-22-19-20-14(9-29-19)11-2-4-12(5-3-11)23(26)27/h2-9,24H,1H3. The van der Waals surface area contributed by atoms with E-state index in [0.717, 1.165) is 0 Å². The second kappa shape index (κ2) is 7.24. The molecule has 0 amide bonds. The van der Waals surface area contributed by atoms with Crippen LogP contribution in [0.25, 0.3) is 22.2 Å². The van der Waals surface area contributed by atoms with E-state index in [1.165, 1.54) is 35.6 Å².